The van der Waals surface area contributed by atoms with Crippen LogP contribution in [0.25, 0.3) is 0 Å². The summed E-state index contributed by atoms with van der Waals surface area (Å²) in [5, 5.41) is 5.53. The molecule has 0 aromatic heterocycles. The molecule has 1 aliphatic rings. The molecule has 0 radical (unpaired) electrons. The molecule has 2 aromatic rings. The number of sulfonamides is 1. The maximum Gasteiger partial charge on any atom is 0.255 e. The van der Waals surface area contributed by atoms with Crippen LogP contribution in [0, 0.1) is 0 Å². The molecule has 0 spiro atoms. The van der Waals surface area contributed by atoms with Gasteiger partial charge in [0.2, 0.25) is 10.0 Å². The summed E-state index contributed by atoms with van der Waals surface area (Å²) in [6, 6.07) is 12.6. The molecular formula is C22H28N4O4S. The molecule has 0 saturated carbocycles. The molecule has 1 saturated heterocycles. The Bertz CT molecular complexity index is 1060. The van der Waals surface area contributed by atoms with Crippen LogP contribution in [-0.4, -0.2) is 68.7 Å². The SMILES string of the molecule is CC(C)NC(=O)c1ccccc1NC(=O)c1cccc(S(=O)(=O)N2CCN(C)CC2)c1. The van der Waals surface area contributed by atoms with E-state index >= 15 is 0 Å². The molecule has 1 aliphatic heterocycles. The first-order chi connectivity index (χ1) is 14.7. The average molecular weight is 445 g/mol. The maximum absolute atomic E-state index is 13.0. The number of amides is 2. The van der Waals surface area contributed by atoms with E-state index < -0.39 is 15.9 Å². The number of likely N-dealkylation sites (N-methyl/N-ethyl adjacent to an activating group) is 1. The van der Waals surface area contributed by atoms with Crippen LogP contribution in [0.1, 0.15) is 34.6 Å². The Labute approximate surface area is 183 Å². The van der Waals surface area contributed by atoms with Crippen LogP contribution in [0.4, 0.5) is 5.69 Å². The molecule has 8 nitrogen and oxygen atoms in total. The molecule has 1 heterocycles. The Hall–Kier alpha value is -2.75. The van der Waals surface area contributed by atoms with E-state index in [1.165, 1.54) is 16.4 Å². The molecule has 2 N–H and O–H groups in total. The van der Waals surface area contributed by atoms with Crippen molar-refractivity contribution in [3.05, 3.63) is 59.7 Å². The Kier molecular flexibility index (Phi) is 7.09. The lowest BCUT2D eigenvalue weighted by molar-refractivity contribution is 0.0944. The third kappa shape index (κ3) is 5.49. The second kappa shape index (κ2) is 9.59. The van der Waals surface area contributed by atoms with E-state index in [1.807, 2.05) is 20.9 Å². The highest BCUT2D eigenvalue weighted by Gasteiger charge is 2.28. The maximum atomic E-state index is 13.0. The van der Waals surface area contributed by atoms with Crippen LogP contribution in [0.3, 0.4) is 0 Å². The van der Waals surface area contributed by atoms with Gasteiger partial charge in [0.1, 0.15) is 0 Å². The molecule has 0 bridgehead atoms. The van der Waals surface area contributed by atoms with Crippen molar-refractivity contribution < 1.29 is 18.0 Å². The topological polar surface area (TPSA) is 98.8 Å². The zero-order valence-corrected chi connectivity index (χ0v) is 18.8. The fourth-order valence-corrected chi connectivity index (χ4v) is 4.77. The Morgan fingerprint density at radius 1 is 0.935 bits per heavy atom. The van der Waals surface area contributed by atoms with Gasteiger partial charge in [-0.3, -0.25) is 9.59 Å². The zero-order valence-electron chi connectivity index (χ0n) is 18.0. The number of carbonyl (C=O) groups excluding carboxylic acids is 2. The van der Waals surface area contributed by atoms with E-state index in [0.29, 0.717) is 37.4 Å². The highest BCUT2D eigenvalue weighted by Crippen LogP contribution is 2.21. The Balaban J connectivity index is 1.81. The van der Waals surface area contributed by atoms with Crippen LogP contribution in [-0.2, 0) is 10.0 Å². The molecule has 0 aliphatic carbocycles. The van der Waals surface area contributed by atoms with Crippen LogP contribution >= 0.6 is 0 Å². The third-order valence-electron chi connectivity index (χ3n) is 5.04. The Morgan fingerprint density at radius 3 is 2.29 bits per heavy atom. The van der Waals surface area contributed by atoms with Gasteiger partial charge in [-0.15, -0.1) is 0 Å². The van der Waals surface area contributed by atoms with Gasteiger partial charge in [0.15, 0.2) is 0 Å². The van der Waals surface area contributed by atoms with Crippen molar-refractivity contribution in [2.45, 2.75) is 24.8 Å². The van der Waals surface area contributed by atoms with Crippen molar-refractivity contribution in [1.82, 2.24) is 14.5 Å². The zero-order chi connectivity index (χ0) is 22.6. The van der Waals surface area contributed by atoms with E-state index in [1.54, 1.807) is 36.4 Å². The quantitative estimate of drug-likeness (QED) is 0.710. The van der Waals surface area contributed by atoms with Gasteiger partial charge in [-0.2, -0.15) is 4.31 Å². The van der Waals surface area contributed by atoms with Gasteiger partial charge in [0, 0.05) is 37.8 Å². The standard InChI is InChI=1S/C22H28N4O4S/c1-16(2)23-22(28)19-9-4-5-10-20(19)24-21(27)17-7-6-8-18(15-17)31(29,30)26-13-11-25(3)12-14-26/h4-10,15-16H,11-14H2,1-3H3,(H,23,28)(H,24,27). The first kappa shape index (κ1) is 22.9. The number of hydrogen-bond donors (Lipinski definition) is 2. The summed E-state index contributed by atoms with van der Waals surface area (Å²) < 4.78 is 27.4. The summed E-state index contributed by atoms with van der Waals surface area (Å²) in [6.07, 6.45) is 0. The van der Waals surface area contributed by atoms with E-state index in [2.05, 4.69) is 15.5 Å². The minimum atomic E-state index is -3.69. The molecule has 1 fully saturated rings. The van der Waals surface area contributed by atoms with Gasteiger partial charge >= 0.3 is 0 Å². The lowest BCUT2D eigenvalue weighted by Gasteiger charge is -2.31. The number of rotatable bonds is 6. The van der Waals surface area contributed by atoms with Crippen LogP contribution in [0.15, 0.2) is 53.4 Å². The lowest BCUT2D eigenvalue weighted by Crippen LogP contribution is -2.47. The largest absolute Gasteiger partial charge is 0.350 e. The van der Waals surface area contributed by atoms with Crippen molar-refractivity contribution in [2.75, 3.05) is 38.5 Å². The van der Waals surface area contributed by atoms with E-state index in [4.69, 9.17) is 0 Å². The minimum Gasteiger partial charge on any atom is -0.350 e. The van der Waals surface area contributed by atoms with E-state index in [0.717, 1.165) is 0 Å². The smallest absolute Gasteiger partial charge is 0.255 e. The fourth-order valence-electron chi connectivity index (χ4n) is 3.30. The average Bonchev–Trinajstić information content (AvgIpc) is 2.74. The first-order valence-corrected chi connectivity index (χ1v) is 11.6. The summed E-state index contributed by atoms with van der Waals surface area (Å²) >= 11 is 0. The second-order valence-electron chi connectivity index (χ2n) is 7.86. The van der Waals surface area contributed by atoms with E-state index in [-0.39, 0.29) is 22.4 Å². The van der Waals surface area contributed by atoms with Crippen molar-refractivity contribution in [2.24, 2.45) is 0 Å². The minimum absolute atomic E-state index is 0.0484. The molecule has 3 rings (SSSR count). The molecule has 9 heteroatoms. The van der Waals surface area contributed by atoms with Gasteiger partial charge in [-0.05, 0) is 51.2 Å². The normalized spacial score (nSPS) is 15.6. The molecule has 166 valence electrons. The molecule has 2 amide bonds. The summed E-state index contributed by atoms with van der Waals surface area (Å²) in [7, 11) is -1.73. The van der Waals surface area contributed by atoms with Crippen molar-refractivity contribution in [1.29, 1.82) is 0 Å². The molecule has 2 aromatic carbocycles. The summed E-state index contributed by atoms with van der Waals surface area (Å²) in [5.41, 5.74) is 0.901. The predicted molar refractivity (Wildman–Crippen MR) is 120 cm³/mol. The van der Waals surface area contributed by atoms with Gasteiger partial charge < -0.3 is 15.5 Å². The summed E-state index contributed by atoms with van der Waals surface area (Å²) in [4.78, 5) is 27.4. The van der Waals surface area contributed by atoms with Crippen molar-refractivity contribution >= 4 is 27.5 Å². The van der Waals surface area contributed by atoms with Gasteiger partial charge in [-0.25, -0.2) is 8.42 Å². The monoisotopic (exact) mass is 444 g/mol. The Morgan fingerprint density at radius 2 is 1.61 bits per heavy atom. The van der Waals surface area contributed by atoms with E-state index in [9.17, 15) is 18.0 Å². The highest BCUT2D eigenvalue weighted by molar-refractivity contribution is 7.89. The van der Waals surface area contributed by atoms with Crippen LogP contribution in [0.5, 0.6) is 0 Å². The third-order valence-corrected chi connectivity index (χ3v) is 6.93. The number of hydrogen-bond acceptors (Lipinski definition) is 5. The highest BCUT2D eigenvalue weighted by atomic mass is 32.2. The molecule has 0 unspecified atom stereocenters. The van der Waals surface area contributed by atoms with Crippen LogP contribution < -0.4 is 10.6 Å². The summed E-state index contributed by atoms with van der Waals surface area (Å²) in [5.74, 6) is -0.780. The van der Waals surface area contributed by atoms with Gasteiger partial charge in [-0.1, -0.05) is 18.2 Å². The lowest BCUT2D eigenvalue weighted by atomic mass is 10.1. The number of carbonyl (C=O) groups is 2. The molecule has 0 atom stereocenters. The van der Waals surface area contributed by atoms with Crippen molar-refractivity contribution in [3.63, 3.8) is 0 Å². The predicted octanol–water partition coefficient (Wildman–Crippen LogP) is 2.01. The number of benzene rings is 2. The van der Waals surface area contributed by atoms with Gasteiger partial charge in [0.05, 0.1) is 16.1 Å². The second-order valence-corrected chi connectivity index (χ2v) is 9.80. The number of para-hydroxylation sites is 1. The van der Waals surface area contributed by atoms with Gasteiger partial charge in [0.25, 0.3) is 11.8 Å². The van der Waals surface area contributed by atoms with Crippen LogP contribution in [0.2, 0.25) is 0 Å². The summed E-state index contributed by atoms with van der Waals surface area (Å²) in [6.45, 7) is 5.85. The molecule has 31 heavy (non-hydrogen) atoms. The fraction of sp³-hybridized carbons (Fsp3) is 0.364. The first-order valence-electron chi connectivity index (χ1n) is 10.2. The number of nitrogens with zero attached hydrogens (tertiary/aromatic N) is 2. The molecular weight excluding hydrogens is 416 g/mol. The number of piperazine rings is 1. The van der Waals surface area contributed by atoms with Crippen molar-refractivity contribution in [3.8, 4) is 0 Å². The number of nitrogens with one attached hydrogen (secondary N) is 2. The number of anilines is 1.